The van der Waals surface area contributed by atoms with E-state index in [-0.39, 0.29) is 5.75 Å². The number of aromatic hydroxyl groups is 1. The molecule has 5 nitrogen and oxygen atoms in total. The number of hydrogen-bond acceptors (Lipinski definition) is 3. The largest absolute Gasteiger partial charge is 0.508 e. The Balaban J connectivity index is 2.21. The van der Waals surface area contributed by atoms with E-state index < -0.39 is 18.4 Å². The first-order chi connectivity index (χ1) is 10.6. The summed E-state index contributed by atoms with van der Waals surface area (Å²) in [6.07, 6.45) is 2.95. The molecule has 0 aromatic heterocycles. The molecule has 2 aromatic rings. The minimum absolute atomic E-state index is 0.0475. The van der Waals surface area contributed by atoms with Crippen molar-refractivity contribution in [2.45, 2.75) is 0 Å². The topological polar surface area (TPSA) is 77.8 Å². The van der Waals surface area contributed by atoms with E-state index in [1.54, 1.807) is 6.08 Å². The molecule has 2 N–H and O–H groups in total. The van der Waals surface area contributed by atoms with E-state index in [2.05, 4.69) is 0 Å². The van der Waals surface area contributed by atoms with Gasteiger partial charge >= 0.3 is 5.97 Å². The molecule has 2 aromatic carbocycles. The third-order valence-corrected chi connectivity index (χ3v) is 2.94. The summed E-state index contributed by atoms with van der Waals surface area (Å²) < 4.78 is 0. The van der Waals surface area contributed by atoms with Crippen molar-refractivity contribution in [3.05, 3.63) is 66.2 Å². The number of carboxylic acid groups (broad SMARTS) is 1. The zero-order chi connectivity index (χ0) is 15.9. The highest BCUT2D eigenvalue weighted by Crippen LogP contribution is 2.19. The van der Waals surface area contributed by atoms with E-state index in [0.29, 0.717) is 5.69 Å². The van der Waals surface area contributed by atoms with Crippen molar-refractivity contribution in [3.8, 4) is 5.75 Å². The van der Waals surface area contributed by atoms with E-state index in [1.165, 1.54) is 30.3 Å². The maximum Gasteiger partial charge on any atom is 0.323 e. The molecule has 0 saturated carbocycles. The normalized spacial score (nSPS) is 10.5. The van der Waals surface area contributed by atoms with Gasteiger partial charge in [-0.1, -0.05) is 30.3 Å². The molecule has 0 bridgehead atoms. The molecule has 1 amide bonds. The van der Waals surface area contributed by atoms with Gasteiger partial charge in [0.2, 0.25) is 0 Å². The van der Waals surface area contributed by atoms with Gasteiger partial charge in [0.05, 0.1) is 0 Å². The lowest BCUT2D eigenvalue weighted by Gasteiger charge is -2.19. The Morgan fingerprint density at radius 3 is 2.23 bits per heavy atom. The van der Waals surface area contributed by atoms with Gasteiger partial charge in [0.1, 0.15) is 12.3 Å². The molecule has 112 valence electrons. The molecular formula is C17H15NO4. The number of carbonyl (C=O) groups is 2. The number of aliphatic carboxylic acids is 1. The minimum Gasteiger partial charge on any atom is -0.508 e. The van der Waals surface area contributed by atoms with Gasteiger partial charge in [-0.05, 0) is 35.9 Å². The number of nitrogens with zero attached hydrogens (tertiary/aromatic N) is 1. The Hall–Kier alpha value is -3.08. The van der Waals surface area contributed by atoms with Gasteiger partial charge in [-0.15, -0.1) is 0 Å². The van der Waals surface area contributed by atoms with Gasteiger partial charge in [-0.25, -0.2) is 0 Å². The van der Waals surface area contributed by atoms with Crippen molar-refractivity contribution in [1.82, 2.24) is 0 Å². The van der Waals surface area contributed by atoms with Crippen molar-refractivity contribution in [1.29, 1.82) is 0 Å². The molecule has 0 heterocycles. The van der Waals surface area contributed by atoms with Gasteiger partial charge in [-0.2, -0.15) is 0 Å². The smallest absolute Gasteiger partial charge is 0.323 e. The number of phenolic OH excluding ortho intramolecular Hbond substituents is 1. The van der Waals surface area contributed by atoms with Crippen LogP contribution in [-0.2, 0) is 9.59 Å². The van der Waals surface area contributed by atoms with Gasteiger partial charge in [0.15, 0.2) is 0 Å². The van der Waals surface area contributed by atoms with Crippen molar-refractivity contribution >= 4 is 23.6 Å². The van der Waals surface area contributed by atoms with Crippen molar-refractivity contribution in [2.24, 2.45) is 0 Å². The molecule has 0 aliphatic carbocycles. The monoisotopic (exact) mass is 297 g/mol. The second kappa shape index (κ2) is 7.08. The molecule has 0 aliphatic heterocycles. The fourth-order valence-corrected chi connectivity index (χ4v) is 1.89. The predicted octanol–water partition coefficient (Wildman–Crippen LogP) is 2.52. The summed E-state index contributed by atoms with van der Waals surface area (Å²) in [7, 11) is 0. The number of benzene rings is 2. The Morgan fingerprint density at radius 1 is 1.00 bits per heavy atom. The summed E-state index contributed by atoms with van der Waals surface area (Å²) in [5.41, 5.74) is 1.25. The molecular weight excluding hydrogens is 282 g/mol. The maximum atomic E-state index is 12.3. The highest BCUT2D eigenvalue weighted by molar-refractivity contribution is 6.06. The molecule has 0 fully saturated rings. The summed E-state index contributed by atoms with van der Waals surface area (Å²) in [5.74, 6) is -1.52. The van der Waals surface area contributed by atoms with Crippen LogP contribution >= 0.6 is 0 Å². The molecule has 0 saturated heterocycles. The molecule has 0 radical (unpaired) electrons. The summed E-state index contributed by atoms with van der Waals surface area (Å²) in [5, 5.41) is 18.2. The molecule has 2 rings (SSSR count). The number of hydrogen-bond donors (Lipinski definition) is 2. The lowest BCUT2D eigenvalue weighted by atomic mass is 10.2. The van der Waals surface area contributed by atoms with Crippen LogP contribution in [0.1, 0.15) is 5.56 Å². The predicted molar refractivity (Wildman–Crippen MR) is 83.6 cm³/mol. The Morgan fingerprint density at radius 2 is 1.64 bits per heavy atom. The highest BCUT2D eigenvalue weighted by Gasteiger charge is 2.16. The quantitative estimate of drug-likeness (QED) is 0.831. The Labute approximate surface area is 127 Å². The van der Waals surface area contributed by atoms with Crippen molar-refractivity contribution < 1.29 is 19.8 Å². The average molecular weight is 297 g/mol. The zero-order valence-corrected chi connectivity index (χ0v) is 11.7. The van der Waals surface area contributed by atoms with Crippen LogP contribution in [0.15, 0.2) is 60.7 Å². The summed E-state index contributed by atoms with van der Waals surface area (Å²) >= 11 is 0. The standard InChI is InChI=1S/C17H15NO4/c19-15-9-7-14(8-10-15)18(12-17(21)22)16(20)11-6-13-4-2-1-3-5-13/h1-11,19H,12H2,(H,21,22)/b11-6+. The molecule has 0 aliphatic rings. The molecule has 0 unspecified atom stereocenters. The highest BCUT2D eigenvalue weighted by atomic mass is 16.4. The molecule has 5 heteroatoms. The van der Waals surface area contributed by atoms with E-state index in [1.807, 2.05) is 30.3 Å². The number of carboxylic acids is 1. The number of anilines is 1. The fourth-order valence-electron chi connectivity index (χ4n) is 1.89. The average Bonchev–Trinajstić information content (AvgIpc) is 2.52. The third kappa shape index (κ3) is 4.21. The van der Waals surface area contributed by atoms with E-state index in [9.17, 15) is 14.7 Å². The number of rotatable bonds is 5. The lowest BCUT2D eigenvalue weighted by Crippen LogP contribution is -2.34. The number of phenols is 1. The van der Waals surface area contributed by atoms with Crippen LogP contribution in [0.3, 0.4) is 0 Å². The maximum absolute atomic E-state index is 12.3. The van der Waals surface area contributed by atoms with Gasteiger partial charge in [-0.3, -0.25) is 14.5 Å². The summed E-state index contributed by atoms with van der Waals surface area (Å²) in [6.45, 7) is -0.456. The van der Waals surface area contributed by atoms with E-state index in [0.717, 1.165) is 10.5 Å². The van der Waals surface area contributed by atoms with Gasteiger partial charge in [0.25, 0.3) is 5.91 Å². The first-order valence-corrected chi connectivity index (χ1v) is 6.62. The van der Waals surface area contributed by atoms with E-state index >= 15 is 0 Å². The van der Waals surface area contributed by atoms with Crippen LogP contribution in [0, 0.1) is 0 Å². The Bertz CT molecular complexity index is 678. The zero-order valence-electron chi connectivity index (χ0n) is 11.7. The third-order valence-electron chi connectivity index (χ3n) is 2.94. The first-order valence-electron chi connectivity index (χ1n) is 6.62. The molecule has 0 atom stereocenters. The number of amides is 1. The van der Waals surface area contributed by atoms with E-state index in [4.69, 9.17) is 5.11 Å². The minimum atomic E-state index is -1.12. The van der Waals surface area contributed by atoms with Crippen LogP contribution in [0.4, 0.5) is 5.69 Å². The number of carbonyl (C=O) groups excluding carboxylic acids is 1. The van der Waals surface area contributed by atoms with Crippen LogP contribution < -0.4 is 4.90 Å². The van der Waals surface area contributed by atoms with Crippen LogP contribution in [0.5, 0.6) is 5.75 Å². The molecule has 22 heavy (non-hydrogen) atoms. The van der Waals surface area contributed by atoms with Crippen molar-refractivity contribution in [3.63, 3.8) is 0 Å². The fraction of sp³-hybridized carbons (Fsp3) is 0.0588. The second-order valence-electron chi connectivity index (χ2n) is 4.58. The van der Waals surface area contributed by atoms with Crippen molar-refractivity contribution in [2.75, 3.05) is 11.4 Å². The van der Waals surface area contributed by atoms with Gasteiger partial charge in [0, 0.05) is 11.8 Å². The second-order valence-corrected chi connectivity index (χ2v) is 4.58. The molecule has 0 spiro atoms. The summed E-state index contributed by atoms with van der Waals surface area (Å²) in [6, 6.07) is 15.0. The SMILES string of the molecule is O=C(O)CN(C(=O)/C=C/c1ccccc1)c1ccc(O)cc1. The Kier molecular flexibility index (Phi) is 4.93. The van der Waals surface area contributed by atoms with Crippen LogP contribution in [0.2, 0.25) is 0 Å². The first kappa shape index (κ1) is 15.3. The van der Waals surface area contributed by atoms with Crippen LogP contribution in [-0.4, -0.2) is 28.6 Å². The lowest BCUT2D eigenvalue weighted by molar-refractivity contribution is -0.136. The van der Waals surface area contributed by atoms with Gasteiger partial charge < -0.3 is 10.2 Å². The van der Waals surface area contributed by atoms with Crippen LogP contribution in [0.25, 0.3) is 6.08 Å². The summed E-state index contributed by atoms with van der Waals surface area (Å²) in [4.78, 5) is 24.3.